The van der Waals surface area contributed by atoms with Crippen LogP contribution >= 0.6 is 10.4 Å². The van der Waals surface area contributed by atoms with Crippen LogP contribution < -0.4 is 23.0 Å². The van der Waals surface area contributed by atoms with Gasteiger partial charge in [-0.3, -0.25) is 0 Å². The second-order valence-electron chi connectivity index (χ2n) is 22.5. The van der Waals surface area contributed by atoms with E-state index in [0.717, 1.165) is 154 Å². The van der Waals surface area contributed by atoms with Crippen molar-refractivity contribution >= 4 is 59.8 Å². The summed E-state index contributed by atoms with van der Waals surface area (Å²) in [4.78, 5) is 4.03. The summed E-state index contributed by atoms with van der Waals surface area (Å²) < 4.78 is 28.1. The molecule has 0 radical (unpaired) electrons. The third kappa shape index (κ3) is 9.23. The Hall–Kier alpha value is -7.20. The first-order valence-corrected chi connectivity index (χ1v) is 33.1. The molecule has 0 aromatic heterocycles. The zero-order valence-electron chi connectivity index (χ0n) is 46.5. The second kappa shape index (κ2) is 19.8. The Labute approximate surface area is 496 Å². The quantitative estimate of drug-likeness (QED) is 0.168. The third-order valence-electron chi connectivity index (χ3n) is 15.8. The van der Waals surface area contributed by atoms with Crippen molar-refractivity contribution in [2.24, 2.45) is 0 Å². The Morgan fingerprint density at radius 1 is 0.309 bits per heavy atom. The fourth-order valence-corrected chi connectivity index (χ4v) is 20.1. The Kier molecular flexibility index (Phi) is 12.7. The summed E-state index contributed by atoms with van der Waals surface area (Å²) in [6.07, 6.45) is 5.18. The van der Waals surface area contributed by atoms with Gasteiger partial charge in [-0.2, -0.15) is 0 Å². The van der Waals surface area contributed by atoms with Crippen molar-refractivity contribution in [2.45, 2.75) is 55.4 Å². The number of aryl methyl sites for hydroxylation is 8. The molecular formula is C73H59NO4P2Tm. The molecule has 1 N–H and O–H groups in total. The van der Waals surface area contributed by atoms with Crippen molar-refractivity contribution in [3.8, 4) is 89.8 Å². The Morgan fingerprint density at radius 3 is 0.778 bits per heavy atom. The normalized spacial score (nSPS) is 14.0. The van der Waals surface area contributed by atoms with Crippen LogP contribution in [-0.2, 0) is 0 Å². The Morgan fingerprint density at radius 2 is 0.531 bits per heavy atom. The molecule has 8 heteroatoms. The standard InChI is InChI=1S/C73H59NO4P2.Tm/c1-42-26-43(2)31-54(30-42)62-38-50-18-10-14-22-58(50)66-67-59-23-15-11-19-51(59)39-63(55-32-44(3)27-45(4)33-55)71(67)76-79(75-70(62)66)74-80(9)77-72-64(56-34-46(5)28-47(6)35-56)40-52-20-12-16-24-60(52)68(72)69-61-25-17-13-21-53(61)41-65(73(69)78-80)57-36-48(7)29-49(8)37-57;/h10-41,74H,9H2,1-8H3;. The topological polar surface area (TPSA) is 49.0 Å². The van der Waals surface area contributed by atoms with Crippen molar-refractivity contribution < 1.29 is 51.8 Å². The molecule has 12 aromatic rings. The van der Waals surface area contributed by atoms with Gasteiger partial charge in [0, 0.05) is 0 Å². The molecule has 2 aliphatic heterocycles. The van der Waals surface area contributed by atoms with Crippen LogP contribution in [0.2, 0.25) is 0 Å². The number of fused-ring (bicyclic) bond motifs is 14. The monoisotopic (exact) mass is 1240 g/mol. The first-order valence-electron chi connectivity index (χ1n) is 27.5. The van der Waals surface area contributed by atoms with Crippen molar-refractivity contribution in [1.82, 2.24) is 4.86 Å². The van der Waals surface area contributed by atoms with Crippen LogP contribution in [-0.4, -0.2) is 6.30 Å². The molecule has 0 saturated carbocycles. The molecule has 0 unspecified atom stereocenters. The molecule has 2 heterocycles. The van der Waals surface area contributed by atoms with Crippen LogP contribution in [0.15, 0.2) is 194 Å². The average molecular weight is 1250 g/mol. The maximum absolute atomic E-state index is 7.96. The van der Waals surface area contributed by atoms with Gasteiger partial charge in [-0.15, -0.1) is 0 Å². The molecule has 2 aliphatic rings. The molecule has 0 aliphatic carbocycles. The SMILES string of the molecule is C=P1(N[P]2(=[Tm])Oc3c(-c4cc(C)cc(C)c4)cc4ccccc4c3-c3c(c(-c4cc(C)cc(C)c4)cc4ccccc34)O2)Oc2c(-c3cc(C)cc(C)c3)cc3ccccc3c2-c2c(c(-c3cc(C)cc(C)c3)cc3ccccc23)O1. The van der Waals surface area contributed by atoms with Gasteiger partial charge in [-0.25, -0.2) is 0 Å². The van der Waals surface area contributed by atoms with Gasteiger partial charge in [0.05, 0.1) is 0 Å². The van der Waals surface area contributed by atoms with E-state index < -0.39 is 10.4 Å². The van der Waals surface area contributed by atoms with Crippen LogP contribution in [0.4, 0.5) is 0 Å². The van der Waals surface area contributed by atoms with Crippen molar-refractivity contribution in [3.63, 3.8) is 0 Å². The average Bonchev–Trinajstić information content (AvgIpc) is 3.91. The molecule has 0 atom stereocenters. The van der Waals surface area contributed by atoms with Crippen LogP contribution in [0.25, 0.3) is 110 Å². The number of benzene rings is 12. The number of hydrogen-bond donors (Lipinski definition) is 1. The number of nitrogens with one attached hydrogen (secondary N) is 1. The minimum atomic E-state index is -3.78. The summed E-state index contributed by atoms with van der Waals surface area (Å²) in [5.74, 6) is 2.72. The van der Waals surface area contributed by atoms with Gasteiger partial charge in [0.2, 0.25) is 0 Å². The molecular weight excluding hydrogens is 1190 g/mol. The summed E-state index contributed by atoms with van der Waals surface area (Å²) >= 11 is 3.45. The van der Waals surface area contributed by atoms with E-state index in [2.05, 4.69) is 288 Å². The number of hydrogen-bond acceptors (Lipinski definition) is 5. The first kappa shape index (κ1) is 51.9. The van der Waals surface area contributed by atoms with Crippen LogP contribution in [0.5, 0.6) is 23.0 Å². The van der Waals surface area contributed by atoms with E-state index in [1.807, 2.05) is 0 Å². The van der Waals surface area contributed by atoms with E-state index in [-0.39, 0.29) is 0 Å². The van der Waals surface area contributed by atoms with Gasteiger partial charge in [-0.05, 0) is 0 Å². The van der Waals surface area contributed by atoms with Crippen LogP contribution in [0.3, 0.4) is 0 Å². The van der Waals surface area contributed by atoms with Crippen LogP contribution in [0.1, 0.15) is 44.5 Å². The molecule has 12 aromatic carbocycles. The molecule has 0 spiro atoms. The van der Waals surface area contributed by atoms with E-state index >= 15 is 0 Å². The summed E-state index contributed by atoms with van der Waals surface area (Å²) in [5, 5.41) is 8.50. The molecule has 0 amide bonds. The van der Waals surface area contributed by atoms with E-state index in [9.17, 15) is 0 Å². The molecule has 5 nitrogen and oxygen atoms in total. The maximum atomic E-state index is 7.96. The summed E-state index contributed by atoms with van der Waals surface area (Å²) in [6.45, 7) is 17.3. The molecule has 0 fully saturated rings. The molecule has 403 valence electrons. The predicted molar refractivity (Wildman–Crippen MR) is 340 cm³/mol. The molecule has 0 bridgehead atoms. The van der Waals surface area contributed by atoms with E-state index in [0.29, 0.717) is 23.0 Å². The minimum absolute atomic E-state index is 0.670. The van der Waals surface area contributed by atoms with Crippen molar-refractivity contribution in [1.29, 1.82) is 0 Å². The van der Waals surface area contributed by atoms with Crippen LogP contribution in [0, 0.1) is 89.1 Å². The van der Waals surface area contributed by atoms with E-state index in [1.165, 1.54) is 0 Å². The van der Waals surface area contributed by atoms with Gasteiger partial charge in [0.1, 0.15) is 0 Å². The van der Waals surface area contributed by atoms with Gasteiger partial charge < -0.3 is 0 Å². The number of rotatable bonds is 6. The fourth-order valence-electron chi connectivity index (χ4n) is 12.9. The summed E-state index contributed by atoms with van der Waals surface area (Å²) in [5.41, 5.74) is 20.9. The fraction of sp³-hybridized carbons (Fsp3) is 0.110. The predicted octanol–water partition coefficient (Wildman–Crippen LogP) is 21.0. The summed E-state index contributed by atoms with van der Waals surface area (Å²) in [7, 11) is -3.78. The van der Waals surface area contributed by atoms with E-state index in [1.54, 1.807) is 0 Å². The Balaban J connectivity index is 1.10. The first-order chi connectivity index (χ1) is 39.0. The van der Waals surface area contributed by atoms with Crippen molar-refractivity contribution in [3.05, 3.63) is 239 Å². The summed E-state index contributed by atoms with van der Waals surface area (Å²) in [6, 6.07) is 70.6. The van der Waals surface area contributed by atoms with Gasteiger partial charge in [0.15, 0.2) is 0 Å². The van der Waals surface area contributed by atoms with Crippen molar-refractivity contribution in [2.75, 3.05) is 0 Å². The van der Waals surface area contributed by atoms with E-state index in [4.69, 9.17) is 24.4 Å². The molecule has 0 saturated heterocycles. The van der Waals surface area contributed by atoms with Gasteiger partial charge in [-0.1, -0.05) is 0 Å². The zero-order chi connectivity index (χ0) is 55.6. The van der Waals surface area contributed by atoms with Gasteiger partial charge in [0.25, 0.3) is 0 Å². The molecule has 14 rings (SSSR count). The third-order valence-corrected chi connectivity index (χ3v) is 22.2. The zero-order valence-corrected chi connectivity index (χ0v) is 50.1. The Bertz CT molecular complexity index is 4130. The molecule has 81 heavy (non-hydrogen) atoms. The second-order valence-corrected chi connectivity index (χ2v) is 29.3. The van der Waals surface area contributed by atoms with Gasteiger partial charge >= 0.3 is 500 Å².